The molecule has 1 aromatic carbocycles. The van der Waals surface area contributed by atoms with Gasteiger partial charge in [-0.25, -0.2) is 4.39 Å². The van der Waals surface area contributed by atoms with Crippen molar-refractivity contribution in [3.05, 3.63) is 48.4 Å². The van der Waals surface area contributed by atoms with E-state index in [1.807, 2.05) is 12.1 Å². The Morgan fingerprint density at radius 1 is 1.32 bits per heavy atom. The van der Waals surface area contributed by atoms with Crippen molar-refractivity contribution in [3.8, 4) is 5.75 Å². The lowest BCUT2D eigenvalue weighted by atomic mass is 10.1. The molecule has 0 spiro atoms. The number of nitrogens with zero attached hydrogens (tertiary/aromatic N) is 3. The van der Waals surface area contributed by atoms with Gasteiger partial charge in [-0.1, -0.05) is 0 Å². The summed E-state index contributed by atoms with van der Waals surface area (Å²) in [5.74, 6) is 1.13. The van der Waals surface area contributed by atoms with E-state index >= 15 is 0 Å². The number of aliphatic hydroxyl groups is 1. The van der Waals surface area contributed by atoms with Crippen LogP contribution in [0.2, 0.25) is 0 Å². The first kappa shape index (κ1) is 17.6. The minimum atomic E-state index is -0.628. The molecule has 7 heteroatoms. The second kappa shape index (κ2) is 8.73. The van der Waals surface area contributed by atoms with Crippen LogP contribution in [0.1, 0.15) is 12.8 Å². The zero-order chi connectivity index (χ0) is 17.5. The van der Waals surface area contributed by atoms with Gasteiger partial charge in [0.2, 0.25) is 0 Å². The number of halogens is 1. The van der Waals surface area contributed by atoms with Crippen LogP contribution in [0.3, 0.4) is 0 Å². The predicted molar refractivity (Wildman–Crippen MR) is 93.2 cm³/mol. The van der Waals surface area contributed by atoms with Crippen molar-refractivity contribution in [2.24, 2.45) is 0 Å². The Morgan fingerprint density at radius 3 is 2.92 bits per heavy atom. The summed E-state index contributed by atoms with van der Waals surface area (Å²) in [5, 5.41) is 21.5. The molecular formula is C18H23FN4O2. The Kier molecular flexibility index (Phi) is 6.14. The molecule has 25 heavy (non-hydrogen) atoms. The molecule has 0 amide bonds. The average Bonchev–Trinajstić information content (AvgIpc) is 2.67. The summed E-state index contributed by atoms with van der Waals surface area (Å²) < 4.78 is 18.3. The molecule has 1 saturated heterocycles. The largest absolute Gasteiger partial charge is 0.491 e. The zero-order valence-electron chi connectivity index (χ0n) is 14.0. The lowest BCUT2D eigenvalue weighted by molar-refractivity contribution is 0.103. The van der Waals surface area contributed by atoms with Crippen LogP contribution in [0, 0.1) is 5.82 Å². The van der Waals surface area contributed by atoms with Crippen molar-refractivity contribution in [2.45, 2.75) is 25.0 Å². The maximum absolute atomic E-state index is 12.8. The topological polar surface area (TPSA) is 70.5 Å². The second-order valence-corrected chi connectivity index (χ2v) is 6.19. The standard InChI is InChI=1S/C18H23FN4O2/c19-14-5-7-17(8-6-14)25-13-16(24)11-20-15-3-2-10-23(12-15)18-4-1-9-21-22-18/h1,4-9,15-16,20,24H,2-3,10-13H2/t15-,16-/m1/s1. The van der Waals surface area contributed by atoms with Crippen LogP contribution in [-0.2, 0) is 0 Å². The zero-order valence-corrected chi connectivity index (χ0v) is 14.0. The predicted octanol–water partition coefficient (Wildman–Crippen LogP) is 1.61. The van der Waals surface area contributed by atoms with Crippen molar-refractivity contribution < 1.29 is 14.2 Å². The summed E-state index contributed by atoms with van der Waals surface area (Å²) in [6.07, 6.45) is 3.16. The van der Waals surface area contributed by atoms with Crippen LogP contribution >= 0.6 is 0 Å². The van der Waals surface area contributed by atoms with Gasteiger partial charge in [-0.3, -0.25) is 0 Å². The number of aromatic nitrogens is 2. The first-order valence-electron chi connectivity index (χ1n) is 8.53. The lowest BCUT2D eigenvalue weighted by Gasteiger charge is -2.34. The van der Waals surface area contributed by atoms with Gasteiger partial charge in [0.15, 0.2) is 5.82 Å². The fourth-order valence-electron chi connectivity index (χ4n) is 2.90. The van der Waals surface area contributed by atoms with E-state index < -0.39 is 6.10 Å². The summed E-state index contributed by atoms with van der Waals surface area (Å²) in [6.45, 7) is 2.41. The fourth-order valence-corrected chi connectivity index (χ4v) is 2.90. The van der Waals surface area contributed by atoms with Crippen molar-refractivity contribution >= 4 is 5.82 Å². The quantitative estimate of drug-likeness (QED) is 0.794. The molecule has 2 N–H and O–H groups in total. The number of hydrogen-bond acceptors (Lipinski definition) is 6. The summed E-state index contributed by atoms with van der Waals surface area (Å²) in [7, 11) is 0. The third-order valence-corrected chi connectivity index (χ3v) is 4.20. The first-order valence-corrected chi connectivity index (χ1v) is 8.53. The SMILES string of the molecule is O[C@H](CN[C@@H]1CCCN(c2cccnn2)C1)COc1ccc(F)cc1. The molecule has 3 rings (SSSR count). The van der Waals surface area contributed by atoms with E-state index in [0.717, 1.165) is 31.7 Å². The Bertz CT molecular complexity index is 641. The van der Waals surface area contributed by atoms with Gasteiger partial charge in [0.1, 0.15) is 24.3 Å². The van der Waals surface area contributed by atoms with Crippen LogP contribution in [-0.4, -0.2) is 53.7 Å². The monoisotopic (exact) mass is 346 g/mol. The van der Waals surface area contributed by atoms with Crippen LogP contribution in [0.4, 0.5) is 10.2 Å². The number of ether oxygens (including phenoxy) is 1. The molecule has 1 fully saturated rings. The molecule has 0 radical (unpaired) electrons. The van der Waals surface area contributed by atoms with Crippen molar-refractivity contribution in [1.29, 1.82) is 0 Å². The maximum atomic E-state index is 12.8. The van der Waals surface area contributed by atoms with E-state index in [2.05, 4.69) is 20.4 Å². The highest BCUT2D eigenvalue weighted by molar-refractivity contribution is 5.37. The van der Waals surface area contributed by atoms with E-state index in [1.165, 1.54) is 12.1 Å². The van der Waals surface area contributed by atoms with E-state index in [9.17, 15) is 9.50 Å². The van der Waals surface area contributed by atoms with Gasteiger partial charge in [0.05, 0.1) is 0 Å². The number of aliphatic hydroxyl groups excluding tert-OH is 1. The Hall–Kier alpha value is -2.25. The molecular weight excluding hydrogens is 323 g/mol. The molecule has 2 aromatic rings. The Labute approximate surface area is 146 Å². The number of rotatable bonds is 7. The van der Waals surface area contributed by atoms with Gasteiger partial charge in [-0.05, 0) is 49.2 Å². The Balaban J connectivity index is 1.40. The number of benzene rings is 1. The second-order valence-electron chi connectivity index (χ2n) is 6.19. The first-order chi connectivity index (χ1) is 12.2. The molecule has 1 aliphatic rings. The van der Waals surface area contributed by atoms with Crippen molar-refractivity contribution in [1.82, 2.24) is 15.5 Å². The molecule has 0 bridgehead atoms. The number of hydrogen-bond donors (Lipinski definition) is 2. The summed E-state index contributed by atoms with van der Waals surface area (Å²) in [6, 6.07) is 9.91. The van der Waals surface area contributed by atoms with Gasteiger partial charge in [-0.15, -0.1) is 5.10 Å². The van der Waals surface area contributed by atoms with Crippen LogP contribution < -0.4 is 15.0 Å². The lowest BCUT2D eigenvalue weighted by Crippen LogP contribution is -2.48. The van der Waals surface area contributed by atoms with Gasteiger partial charge >= 0.3 is 0 Å². The average molecular weight is 346 g/mol. The normalized spacial score (nSPS) is 18.8. The minimum absolute atomic E-state index is 0.166. The maximum Gasteiger partial charge on any atom is 0.151 e. The van der Waals surface area contributed by atoms with Gasteiger partial charge in [-0.2, -0.15) is 5.10 Å². The smallest absolute Gasteiger partial charge is 0.151 e. The number of nitrogens with one attached hydrogen (secondary N) is 1. The number of anilines is 1. The highest BCUT2D eigenvalue weighted by atomic mass is 19.1. The van der Waals surface area contributed by atoms with Crippen molar-refractivity contribution in [3.63, 3.8) is 0 Å². The van der Waals surface area contributed by atoms with E-state index in [4.69, 9.17) is 4.74 Å². The van der Waals surface area contributed by atoms with Crippen molar-refractivity contribution in [2.75, 3.05) is 31.1 Å². The molecule has 1 aromatic heterocycles. The highest BCUT2D eigenvalue weighted by Crippen LogP contribution is 2.16. The van der Waals surface area contributed by atoms with E-state index in [0.29, 0.717) is 12.3 Å². The summed E-state index contributed by atoms with van der Waals surface area (Å²) in [4.78, 5) is 2.20. The molecule has 0 aliphatic carbocycles. The van der Waals surface area contributed by atoms with Crippen LogP contribution in [0.15, 0.2) is 42.6 Å². The molecule has 0 saturated carbocycles. The van der Waals surface area contributed by atoms with Gasteiger partial charge < -0.3 is 20.1 Å². The molecule has 134 valence electrons. The summed E-state index contributed by atoms with van der Waals surface area (Å²) >= 11 is 0. The molecule has 2 atom stereocenters. The fraction of sp³-hybridized carbons (Fsp3) is 0.444. The van der Waals surface area contributed by atoms with Crippen LogP contribution in [0.5, 0.6) is 5.75 Å². The third kappa shape index (κ3) is 5.37. The van der Waals surface area contributed by atoms with E-state index in [-0.39, 0.29) is 18.5 Å². The van der Waals surface area contributed by atoms with E-state index in [1.54, 1.807) is 18.3 Å². The summed E-state index contributed by atoms with van der Waals surface area (Å²) in [5.41, 5.74) is 0. The number of piperidine rings is 1. The van der Waals surface area contributed by atoms with Crippen LogP contribution in [0.25, 0.3) is 0 Å². The molecule has 1 aliphatic heterocycles. The highest BCUT2D eigenvalue weighted by Gasteiger charge is 2.21. The molecule has 6 nitrogen and oxygen atoms in total. The molecule has 0 unspecified atom stereocenters. The Morgan fingerprint density at radius 2 is 2.16 bits per heavy atom. The van der Waals surface area contributed by atoms with Gasteiger partial charge in [0, 0.05) is 31.9 Å². The third-order valence-electron chi connectivity index (χ3n) is 4.20. The minimum Gasteiger partial charge on any atom is -0.491 e. The molecule has 2 heterocycles. The van der Waals surface area contributed by atoms with Gasteiger partial charge in [0.25, 0.3) is 0 Å².